The van der Waals surface area contributed by atoms with Gasteiger partial charge in [-0.1, -0.05) is 47.5 Å². The topological polar surface area (TPSA) is 194 Å². The van der Waals surface area contributed by atoms with Gasteiger partial charge in [-0.25, -0.2) is 19.2 Å². The molecule has 2 aliphatic rings. The van der Waals surface area contributed by atoms with E-state index in [0.717, 1.165) is 0 Å². The molecule has 0 amide bonds. The lowest BCUT2D eigenvalue weighted by atomic mass is 10.2. The summed E-state index contributed by atoms with van der Waals surface area (Å²) in [6, 6.07) is 0. The first-order chi connectivity index (χ1) is 24.8. The fourth-order valence-electron chi connectivity index (χ4n) is 5.55. The third-order valence-corrected chi connectivity index (χ3v) is 21.6. The first-order valence-corrected chi connectivity index (χ1v) is 25.5. The van der Waals surface area contributed by atoms with Crippen LogP contribution in [0.2, 0.25) is 36.3 Å². The number of H-pyrrole nitrogens is 2. The molecule has 16 nitrogen and oxygen atoms in total. The van der Waals surface area contributed by atoms with Gasteiger partial charge in [0, 0.05) is 36.4 Å². The van der Waals surface area contributed by atoms with E-state index in [9.17, 15) is 23.7 Å². The standard InChI is InChI=1S/C35H58N5O11PSi2/c1-14-15-36-52(45,46-20-26-25(51-54(12,13)35(7,8)9)17-29(48-26)40-19-23(3)31(42)38-33(40)44)50-24-16-28(39-18-22(2)30(41)37-32(39)43)49-27(24)21-47-53(10,11)34(4,5)6/h1,18-19,24-29H,15-17,20-21H2,2-13H3,(H,36,45)(H,37,41,43)(H,38,42,44)/t24-,25-,26+,27+,28+,29+,52?/m0/s1. The summed E-state index contributed by atoms with van der Waals surface area (Å²) in [7, 11) is -8.94. The van der Waals surface area contributed by atoms with Gasteiger partial charge in [-0.15, -0.1) is 6.42 Å². The fourth-order valence-corrected chi connectivity index (χ4v) is 9.35. The molecule has 0 bridgehead atoms. The smallest absolute Gasteiger partial charge is 0.406 e. The number of hydrogen-bond acceptors (Lipinski definition) is 11. The second kappa shape index (κ2) is 16.4. The third-order valence-electron chi connectivity index (χ3n) is 11.0. The molecule has 19 heteroatoms. The highest BCUT2D eigenvalue weighted by molar-refractivity contribution is 7.51. The van der Waals surface area contributed by atoms with Gasteiger partial charge in [-0.05, 0) is 50.1 Å². The number of rotatable bonds is 14. The predicted octanol–water partition coefficient (Wildman–Crippen LogP) is 4.42. The van der Waals surface area contributed by atoms with Crippen LogP contribution in [0.5, 0.6) is 0 Å². The minimum atomic E-state index is -4.25. The molecule has 54 heavy (non-hydrogen) atoms. The van der Waals surface area contributed by atoms with Crippen molar-refractivity contribution in [3.05, 3.63) is 65.2 Å². The molecule has 0 saturated carbocycles. The van der Waals surface area contributed by atoms with Crippen LogP contribution in [0.3, 0.4) is 0 Å². The molecule has 2 aromatic rings. The van der Waals surface area contributed by atoms with Gasteiger partial charge in [0.05, 0.1) is 25.9 Å². The van der Waals surface area contributed by atoms with Gasteiger partial charge in [0.2, 0.25) is 0 Å². The largest absolute Gasteiger partial charge is 0.414 e. The number of nitrogens with one attached hydrogen (secondary N) is 3. The normalized spacial score (nSPS) is 25.1. The maximum atomic E-state index is 14.6. The van der Waals surface area contributed by atoms with Crippen molar-refractivity contribution in [3.63, 3.8) is 0 Å². The number of hydrogen-bond donors (Lipinski definition) is 3. The number of ether oxygens (including phenoxy) is 2. The van der Waals surface area contributed by atoms with E-state index in [2.05, 4.69) is 88.7 Å². The molecule has 2 aromatic heterocycles. The van der Waals surface area contributed by atoms with Gasteiger partial charge in [0.15, 0.2) is 16.6 Å². The lowest BCUT2D eigenvalue weighted by Gasteiger charge is -2.39. The monoisotopic (exact) mass is 811 g/mol. The van der Waals surface area contributed by atoms with E-state index in [0.29, 0.717) is 11.1 Å². The summed E-state index contributed by atoms with van der Waals surface area (Å²) in [6.07, 6.45) is 3.98. The van der Waals surface area contributed by atoms with Crippen LogP contribution in [0.1, 0.15) is 78.0 Å². The third kappa shape index (κ3) is 10.2. The molecule has 2 aliphatic heterocycles. The molecule has 0 aromatic carbocycles. The van der Waals surface area contributed by atoms with Gasteiger partial charge in [-0.2, -0.15) is 0 Å². The minimum absolute atomic E-state index is 0.0651. The van der Waals surface area contributed by atoms with Crippen molar-refractivity contribution < 1.29 is 31.9 Å². The van der Waals surface area contributed by atoms with Crippen molar-refractivity contribution in [2.24, 2.45) is 0 Å². The summed E-state index contributed by atoms with van der Waals surface area (Å²) < 4.78 is 55.5. The second-order valence-corrected chi connectivity index (χ2v) is 28.5. The zero-order chi connectivity index (χ0) is 40.6. The van der Waals surface area contributed by atoms with E-state index >= 15 is 0 Å². The van der Waals surface area contributed by atoms with Crippen LogP contribution in [0.4, 0.5) is 0 Å². The summed E-state index contributed by atoms with van der Waals surface area (Å²) in [4.78, 5) is 54.6. The molecule has 302 valence electrons. The molecule has 3 N–H and O–H groups in total. The van der Waals surface area contributed by atoms with Crippen molar-refractivity contribution in [1.29, 1.82) is 0 Å². The molecule has 0 radical (unpaired) electrons. The molecule has 0 aliphatic carbocycles. The van der Waals surface area contributed by atoms with Crippen LogP contribution in [0, 0.1) is 26.2 Å². The van der Waals surface area contributed by atoms with Crippen molar-refractivity contribution in [1.82, 2.24) is 24.2 Å². The van der Waals surface area contributed by atoms with Crippen molar-refractivity contribution in [3.8, 4) is 12.3 Å². The number of aromatic amines is 2. The van der Waals surface area contributed by atoms with Crippen LogP contribution >= 0.6 is 7.75 Å². The fraction of sp³-hybridized carbons (Fsp3) is 0.714. The highest BCUT2D eigenvalue weighted by Crippen LogP contribution is 2.50. The van der Waals surface area contributed by atoms with Crippen LogP contribution in [0.15, 0.2) is 31.6 Å². The lowest BCUT2D eigenvalue weighted by Crippen LogP contribution is -2.46. The van der Waals surface area contributed by atoms with Gasteiger partial charge in [-0.3, -0.25) is 37.7 Å². The first kappa shape index (κ1) is 44.0. The van der Waals surface area contributed by atoms with Crippen LogP contribution in [-0.4, -0.2) is 79.9 Å². The van der Waals surface area contributed by atoms with Gasteiger partial charge in [0.25, 0.3) is 11.1 Å². The molecule has 2 saturated heterocycles. The molecule has 1 unspecified atom stereocenters. The van der Waals surface area contributed by atoms with E-state index in [-0.39, 0.29) is 42.7 Å². The average molecular weight is 812 g/mol. The zero-order valence-corrected chi connectivity index (χ0v) is 36.5. The molecule has 7 atom stereocenters. The molecular weight excluding hydrogens is 754 g/mol. The Morgan fingerprint density at radius 2 is 1.30 bits per heavy atom. The van der Waals surface area contributed by atoms with E-state index in [4.69, 9.17) is 33.8 Å². The lowest BCUT2D eigenvalue weighted by molar-refractivity contribution is -0.0509. The molecule has 2 fully saturated rings. The summed E-state index contributed by atoms with van der Waals surface area (Å²) in [5.41, 5.74) is -1.66. The molecule has 4 rings (SSSR count). The maximum absolute atomic E-state index is 14.6. The molecule has 0 spiro atoms. The summed E-state index contributed by atoms with van der Waals surface area (Å²) in [5, 5.41) is 2.45. The highest BCUT2D eigenvalue weighted by Gasteiger charge is 2.48. The van der Waals surface area contributed by atoms with Crippen LogP contribution in [0.25, 0.3) is 0 Å². The first-order valence-electron chi connectivity index (χ1n) is 18.2. The van der Waals surface area contributed by atoms with E-state index in [1.54, 1.807) is 13.8 Å². The van der Waals surface area contributed by atoms with E-state index < -0.39 is 83.8 Å². The van der Waals surface area contributed by atoms with Gasteiger partial charge in [0.1, 0.15) is 30.8 Å². The Balaban J connectivity index is 1.64. The van der Waals surface area contributed by atoms with Gasteiger partial charge >= 0.3 is 19.1 Å². The maximum Gasteiger partial charge on any atom is 0.406 e. The van der Waals surface area contributed by atoms with E-state index in [1.807, 2.05) is 0 Å². The number of aromatic nitrogens is 4. The summed E-state index contributed by atoms with van der Waals surface area (Å²) >= 11 is 0. The Hall–Kier alpha value is -2.70. The average Bonchev–Trinajstić information content (AvgIpc) is 3.63. The quantitative estimate of drug-likeness (QED) is 0.138. The number of nitrogens with zero attached hydrogens (tertiary/aromatic N) is 2. The minimum Gasteiger partial charge on any atom is -0.414 e. The number of terminal acetylenes is 1. The summed E-state index contributed by atoms with van der Waals surface area (Å²) in [6.45, 7) is 23.8. The Morgan fingerprint density at radius 1 is 0.833 bits per heavy atom. The predicted molar refractivity (Wildman–Crippen MR) is 210 cm³/mol. The Kier molecular flexibility index (Phi) is 13.4. The zero-order valence-electron chi connectivity index (χ0n) is 33.6. The Labute approximate surface area is 318 Å². The Morgan fingerprint density at radius 3 is 1.76 bits per heavy atom. The van der Waals surface area contributed by atoms with Gasteiger partial charge < -0.3 is 18.3 Å². The van der Waals surface area contributed by atoms with Crippen LogP contribution < -0.4 is 27.6 Å². The van der Waals surface area contributed by atoms with Crippen LogP contribution in [-0.2, 0) is 31.9 Å². The summed E-state index contributed by atoms with van der Waals surface area (Å²) in [5.74, 6) is 2.41. The SMILES string of the molecule is C#CCNP(=O)(OC[C@H]1O[C@@H](n2cc(C)c(=O)[nH]c2=O)C[C@@H]1O[Si](C)(C)C(C)(C)C)O[C@H]1C[C@H](n2cc(C)c(=O)[nH]c2=O)O[C@@H]1CO[Si](C)(C)C(C)(C)C. The Bertz CT molecular complexity index is 1990. The molecular formula is C35H58N5O11PSi2. The number of aryl methyl sites for hydroxylation is 2. The molecule has 4 heterocycles. The highest BCUT2D eigenvalue weighted by atomic mass is 31.2. The van der Waals surface area contributed by atoms with Crippen molar-refractivity contribution in [2.75, 3.05) is 19.8 Å². The van der Waals surface area contributed by atoms with E-state index in [1.165, 1.54) is 21.5 Å². The van der Waals surface area contributed by atoms with Crippen molar-refractivity contribution in [2.45, 2.75) is 141 Å². The second-order valence-electron chi connectivity index (χ2n) is 17.2. The van der Waals surface area contributed by atoms with Crippen molar-refractivity contribution >= 4 is 24.4 Å².